The number of carbonyl (C=O) groups is 3. The monoisotopic (exact) mass is 415 g/mol. The first-order chi connectivity index (χ1) is 14.4. The fourth-order valence-electron chi connectivity index (χ4n) is 2.71. The van der Waals surface area contributed by atoms with Crippen molar-refractivity contribution < 1.29 is 28.0 Å². The Balaban J connectivity index is 1.40. The minimum atomic E-state index is -0.642. The van der Waals surface area contributed by atoms with Crippen LogP contribution < -0.4 is 11.1 Å². The number of esters is 1. The van der Waals surface area contributed by atoms with Gasteiger partial charge in [0.25, 0.3) is 5.91 Å². The van der Waals surface area contributed by atoms with Crippen molar-refractivity contribution in [2.75, 3.05) is 20.2 Å². The Morgan fingerprint density at radius 3 is 2.73 bits per heavy atom. The van der Waals surface area contributed by atoms with Crippen LogP contribution in [0.2, 0.25) is 0 Å². The van der Waals surface area contributed by atoms with E-state index in [-0.39, 0.29) is 32.0 Å². The van der Waals surface area contributed by atoms with Gasteiger partial charge in [0, 0.05) is 13.6 Å². The van der Waals surface area contributed by atoms with Gasteiger partial charge in [0.2, 0.25) is 5.91 Å². The van der Waals surface area contributed by atoms with Crippen LogP contribution in [-0.2, 0) is 32.2 Å². The fraction of sp³-hybridized carbons (Fsp3) is 0.300. The van der Waals surface area contributed by atoms with E-state index in [0.29, 0.717) is 16.9 Å². The number of fused-ring (bicyclic) bond motifs is 1. The van der Waals surface area contributed by atoms with Crippen LogP contribution in [-0.4, -0.2) is 47.4 Å². The largest absolute Gasteiger partial charge is 0.467 e. The molecule has 2 amide bonds. The van der Waals surface area contributed by atoms with Crippen LogP contribution in [0.1, 0.15) is 12.2 Å². The topological polar surface area (TPSA) is 124 Å². The van der Waals surface area contributed by atoms with Crippen LogP contribution in [0.15, 0.2) is 56.3 Å². The second kappa shape index (κ2) is 9.59. The van der Waals surface area contributed by atoms with E-state index in [0.717, 1.165) is 4.90 Å². The van der Waals surface area contributed by atoms with Crippen LogP contribution in [0, 0.1) is 0 Å². The summed E-state index contributed by atoms with van der Waals surface area (Å²) in [5.74, 6) is -1.52. The lowest BCUT2D eigenvalue weighted by molar-refractivity contribution is -0.152. The third-order valence-corrected chi connectivity index (χ3v) is 4.32. The molecular formula is C20H21N3O7. The number of ether oxygens (including phenoxy) is 1. The van der Waals surface area contributed by atoms with Crippen LogP contribution >= 0.6 is 0 Å². The molecule has 0 atom stereocenters. The van der Waals surface area contributed by atoms with Crippen molar-refractivity contribution in [1.82, 2.24) is 14.8 Å². The van der Waals surface area contributed by atoms with Crippen molar-refractivity contribution >= 4 is 28.9 Å². The van der Waals surface area contributed by atoms with Crippen molar-refractivity contribution in [1.29, 1.82) is 0 Å². The van der Waals surface area contributed by atoms with Crippen molar-refractivity contribution in [2.45, 2.75) is 19.5 Å². The molecule has 0 fully saturated rings. The zero-order valence-electron chi connectivity index (χ0n) is 16.3. The number of hydrogen-bond acceptors (Lipinski definition) is 7. The quantitative estimate of drug-likeness (QED) is 0.515. The Bertz CT molecular complexity index is 1080. The van der Waals surface area contributed by atoms with E-state index in [9.17, 15) is 19.2 Å². The number of oxazole rings is 1. The second-order valence-electron chi connectivity index (χ2n) is 6.50. The highest BCUT2D eigenvalue weighted by atomic mass is 16.5. The van der Waals surface area contributed by atoms with Gasteiger partial charge in [-0.05, 0) is 24.3 Å². The summed E-state index contributed by atoms with van der Waals surface area (Å²) >= 11 is 0. The molecule has 0 bridgehead atoms. The molecule has 10 nitrogen and oxygen atoms in total. The lowest BCUT2D eigenvalue weighted by atomic mass is 10.3. The lowest BCUT2D eigenvalue weighted by Gasteiger charge is -2.16. The number of furan rings is 1. The number of para-hydroxylation sites is 2. The Morgan fingerprint density at radius 2 is 1.97 bits per heavy atom. The Labute approximate surface area is 171 Å². The third kappa shape index (κ3) is 5.37. The molecule has 0 aliphatic carbocycles. The molecule has 10 heteroatoms. The third-order valence-electron chi connectivity index (χ3n) is 4.32. The first-order valence-corrected chi connectivity index (χ1v) is 9.21. The number of amides is 2. The molecule has 1 aromatic carbocycles. The number of nitrogens with one attached hydrogen (secondary N) is 1. The van der Waals surface area contributed by atoms with E-state index in [1.165, 1.54) is 17.9 Å². The zero-order valence-corrected chi connectivity index (χ0v) is 16.3. The van der Waals surface area contributed by atoms with Gasteiger partial charge in [-0.15, -0.1) is 0 Å². The number of hydrogen-bond donors (Lipinski definition) is 1. The zero-order chi connectivity index (χ0) is 21.5. The highest BCUT2D eigenvalue weighted by Crippen LogP contribution is 2.12. The van der Waals surface area contributed by atoms with E-state index in [2.05, 4.69) is 5.32 Å². The van der Waals surface area contributed by atoms with Crippen LogP contribution in [0.5, 0.6) is 0 Å². The predicted molar refractivity (Wildman–Crippen MR) is 104 cm³/mol. The van der Waals surface area contributed by atoms with Crippen LogP contribution in [0.25, 0.3) is 11.1 Å². The highest BCUT2D eigenvalue weighted by Gasteiger charge is 2.16. The molecule has 0 aliphatic heterocycles. The number of carbonyl (C=O) groups excluding carboxylic acids is 3. The van der Waals surface area contributed by atoms with Crippen LogP contribution in [0.4, 0.5) is 0 Å². The standard InChI is InChI=1S/C20H21N3O7/c1-22(12-17(24)21-11-14-5-4-10-28-14)18(25)13-29-19(26)8-9-23-15-6-2-3-7-16(15)30-20(23)27/h2-7,10H,8-9,11-13H2,1H3,(H,21,24). The van der Waals surface area contributed by atoms with Gasteiger partial charge >= 0.3 is 11.7 Å². The number of benzene rings is 1. The van der Waals surface area contributed by atoms with Crippen molar-refractivity contribution in [3.63, 3.8) is 0 Å². The number of aryl methyl sites for hydroxylation is 1. The molecule has 0 saturated heterocycles. The Kier molecular flexibility index (Phi) is 6.68. The smallest absolute Gasteiger partial charge is 0.419 e. The summed E-state index contributed by atoms with van der Waals surface area (Å²) in [6.07, 6.45) is 1.39. The summed E-state index contributed by atoms with van der Waals surface area (Å²) in [5, 5.41) is 2.62. The molecule has 0 unspecified atom stereocenters. The molecule has 0 aliphatic rings. The summed E-state index contributed by atoms with van der Waals surface area (Å²) in [6.45, 7) is -0.409. The van der Waals surface area contributed by atoms with E-state index >= 15 is 0 Å². The maximum atomic E-state index is 12.1. The number of aromatic nitrogens is 1. The van der Waals surface area contributed by atoms with E-state index in [4.69, 9.17) is 13.6 Å². The Morgan fingerprint density at radius 1 is 1.17 bits per heavy atom. The van der Waals surface area contributed by atoms with E-state index in [1.807, 2.05) is 0 Å². The first-order valence-electron chi connectivity index (χ1n) is 9.21. The molecule has 0 saturated carbocycles. The molecule has 0 radical (unpaired) electrons. The number of nitrogens with zero attached hydrogens (tertiary/aromatic N) is 2. The summed E-state index contributed by atoms with van der Waals surface area (Å²) in [5.41, 5.74) is 1.00. The van der Waals surface area contributed by atoms with Gasteiger partial charge in [0.05, 0.1) is 31.3 Å². The van der Waals surface area contributed by atoms with Crippen LogP contribution in [0.3, 0.4) is 0 Å². The minimum absolute atomic E-state index is 0.0634. The lowest BCUT2D eigenvalue weighted by Crippen LogP contribution is -2.39. The predicted octanol–water partition coefficient (Wildman–Crippen LogP) is 0.896. The first kappa shape index (κ1) is 20.9. The molecule has 30 heavy (non-hydrogen) atoms. The van der Waals surface area contributed by atoms with E-state index < -0.39 is 24.2 Å². The number of rotatable bonds is 9. The molecule has 2 heterocycles. The normalized spacial score (nSPS) is 10.7. The molecule has 3 aromatic rings. The van der Waals surface area contributed by atoms with Gasteiger partial charge < -0.3 is 23.8 Å². The maximum absolute atomic E-state index is 12.1. The van der Waals surface area contributed by atoms with Gasteiger partial charge in [-0.25, -0.2) is 4.79 Å². The molecule has 0 spiro atoms. The average Bonchev–Trinajstić information content (AvgIpc) is 3.35. The summed E-state index contributed by atoms with van der Waals surface area (Å²) in [4.78, 5) is 48.9. The minimum Gasteiger partial charge on any atom is -0.467 e. The van der Waals surface area contributed by atoms with Gasteiger partial charge in [-0.1, -0.05) is 12.1 Å². The average molecular weight is 415 g/mol. The summed E-state index contributed by atoms with van der Waals surface area (Å²) in [6, 6.07) is 10.3. The fourth-order valence-corrected chi connectivity index (χ4v) is 2.71. The SMILES string of the molecule is CN(CC(=O)NCc1ccco1)C(=O)COC(=O)CCn1c(=O)oc2ccccc21. The Hall–Kier alpha value is -3.82. The molecule has 2 aromatic heterocycles. The number of likely N-dealkylation sites (N-methyl/N-ethyl adjacent to an activating group) is 1. The van der Waals surface area contributed by atoms with Crippen molar-refractivity contribution in [3.8, 4) is 0 Å². The summed E-state index contributed by atoms with van der Waals surface area (Å²) < 4.78 is 16.5. The molecular weight excluding hydrogens is 394 g/mol. The van der Waals surface area contributed by atoms with Crippen molar-refractivity contribution in [3.05, 3.63) is 59.0 Å². The second-order valence-corrected chi connectivity index (χ2v) is 6.50. The molecule has 158 valence electrons. The molecule has 1 N–H and O–H groups in total. The van der Waals surface area contributed by atoms with Gasteiger partial charge in [-0.2, -0.15) is 0 Å². The van der Waals surface area contributed by atoms with Gasteiger partial charge in [0.15, 0.2) is 12.2 Å². The highest BCUT2D eigenvalue weighted by molar-refractivity contribution is 5.86. The summed E-state index contributed by atoms with van der Waals surface area (Å²) in [7, 11) is 1.43. The van der Waals surface area contributed by atoms with Gasteiger partial charge in [0.1, 0.15) is 5.76 Å². The van der Waals surface area contributed by atoms with Crippen molar-refractivity contribution in [2.24, 2.45) is 0 Å². The molecule has 3 rings (SSSR count). The van der Waals surface area contributed by atoms with Gasteiger partial charge in [-0.3, -0.25) is 19.0 Å². The van der Waals surface area contributed by atoms with E-state index in [1.54, 1.807) is 36.4 Å². The maximum Gasteiger partial charge on any atom is 0.419 e.